The van der Waals surface area contributed by atoms with Gasteiger partial charge in [-0.15, -0.1) is 0 Å². The molecular weight excluding hydrogens is 256 g/mol. The van der Waals surface area contributed by atoms with Crippen LogP contribution in [0.5, 0.6) is 0 Å². The maximum Gasteiger partial charge on any atom is 0.308 e. The molecule has 1 fully saturated rings. The first-order chi connectivity index (χ1) is 8.91. The third kappa shape index (κ3) is 2.43. The second-order valence-electron chi connectivity index (χ2n) is 4.60. The Morgan fingerprint density at radius 3 is 2.63 bits per heavy atom. The number of hydrogen-bond donors (Lipinski definition) is 1. The summed E-state index contributed by atoms with van der Waals surface area (Å²) in [6, 6.07) is 2.11. The summed E-state index contributed by atoms with van der Waals surface area (Å²) < 4.78 is 26.6. The number of carboxylic acid groups (broad SMARTS) is 1. The predicted octanol–water partition coefficient (Wildman–Crippen LogP) is 1.90. The van der Waals surface area contributed by atoms with Crippen molar-refractivity contribution in [1.29, 1.82) is 0 Å². The van der Waals surface area contributed by atoms with Crippen molar-refractivity contribution in [1.82, 2.24) is 4.90 Å². The first-order valence-corrected chi connectivity index (χ1v) is 5.90. The van der Waals surface area contributed by atoms with Crippen molar-refractivity contribution in [2.24, 2.45) is 5.92 Å². The lowest BCUT2D eigenvalue weighted by Gasteiger charge is -2.23. The highest BCUT2D eigenvalue weighted by atomic mass is 19.1. The number of halogens is 2. The molecule has 2 rings (SSSR count). The first kappa shape index (κ1) is 13.5. The molecule has 102 valence electrons. The molecule has 2 unspecified atom stereocenters. The molecule has 1 aliphatic heterocycles. The fourth-order valence-electron chi connectivity index (χ4n) is 2.37. The first-order valence-electron chi connectivity index (χ1n) is 5.90. The van der Waals surface area contributed by atoms with Gasteiger partial charge in [-0.3, -0.25) is 9.59 Å². The maximum absolute atomic E-state index is 13.5. The van der Waals surface area contributed by atoms with Crippen LogP contribution < -0.4 is 0 Å². The van der Waals surface area contributed by atoms with Crippen LogP contribution in [0.15, 0.2) is 18.2 Å². The average molecular weight is 269 g/mol. The third-order valence-electron chi connectivity index (χ3n) is 3.49. The number of carbonyl (C=O) groups is 2. The molecule has 2 atom stereocenters. The van der Waals surface area contributed by atoms with E-state index >= 15 is 0 Å². The molecule has 0 aliphatic carbocycles. The summed E-state index contributed by atoms with van der Waals surface area (Å²) in [6.45, 7) is 1.83. The van der Waals surface area contributed by atoms with Gasteiger partial charge in [0.25, 0.3) is 5.91 Å². The van der Waals surface area contributed by atoms with Gasteiger partial charge in [-0.2, -0.15) is 0 Å². The monoisotopic (exact) mass is 269 g/mol. The van der Waals surface area contributed by atoms with E-state index < -0.39 is 35.5 Å². The number of rotatable bonds is 2. The molecule has 1 N–H and O–H groups in total. The highest BCUT2D eigenvalue weighted by Gasteiger charge is 2.38. The fourth-order valence-corrected chi connectivity index (χ4v) is 2.37. The molecule has 0 radical (unpaired) electrons. The molecule has 1 amide bonds. The summed E-state index contributed by atoms with van der Waals surface area (Å²) in [4.78, 5) is 24.4. The highest BCUT2D eigenvalue weighted by Crippen LogP contribution is 2.26. The van der Waals surface area contributed by atoms with Crippen LogP contribution in [-0.2, 0) is 4.79 Å². The SMILES string of the molecule is CC1C(C(=O)O)CCN1C(=O)c1cc(F)ccc1F. The molecule has 0 aromatic heterocycles. The number of aliphatic carboxylic acids is 1. The zero-order valence-corrected chi connectivity index (χ0v) is 10.3. The van der Waals surface area contributed by atoms with Gasteiger partial charge in [0.2, 0.25) is 0 Å². The molecule has 1 aromatic rings. The topological polar surface area (TPSA) is 57.6 Å². The van der Waals surface area contributed by atoms with Gasteiger partial charge >= 0.3 is 5.97 Å². The second kappa shape index (κ2) is 4.95. The summed E-state index contributed by atoms with van der Waals surface area (Å²) in [5.41, 5.74) is -0.363. The quantitative estimate of drug-likeness (QED) is 0.892. The molecule has 0 saturated carbocycles. The van der Waals surface area contributed by atoms with Crippen LogP contribution in [0.3, 0.4) is 0 Å². The predicted molar refractivity (Wildman–Crippen MR) is 62.6 cm³/mol. The Morgan fingerprint density at radius 2 is 2.05 bits per heavy atom. The molecule has 19 heavy (non-hydrogen) atoms. The van der Waals surface area contributed by atoms with Crippen LogP contribution >= 0.6 is 0 Å². The van der Waals surface area contributed by atoms with Crippen molar-refractivity contribution < 1.29 is 23.5 Å². The van der Waals surface area contributed by atoms with E-state index in [9.17, 15) is 18.4 Å². The van der Waals surface area contributed by atoms with Gasteiger partial charge < -0.3 is 10.0 Å². The minimum atomic E-state index is -0.984. The summed E-state index contributed by atoms with van der Waals surface area (Å²) >= 11 is 0. The molecular formula is C13H13F2NO3. The number of hydrogen-bond acceptors (Lipinski definition) is 2. The standard InChI is InChI=1S/C13H13F2NO3/c1-7-9(13(18)19)4-5-16(7)12(17)10-6-8(14)2-3-11(10)15/h2-3,6-7,9H,4-5H2,1H3,(H,18,19). The molecule has 0 bridgehead atoms. The summed E-state index contributed by atoms with van der Waals surface area (Å²) in [6.07, 6.45) is 0.319. The van der Waals surface area contributed by atoms with Gasteiger partial charge in [-0.1, -0.05) is 0 Å². The lowest BCUT2D eigenvalue weighted by atomic mass is 10.0. The van der Waals surface area contributed by atoms with Crippen LogP contribution in [0, 0.1) is 17.6 Å². The lowest BCUT2D eigenvalue weighted by Crippen LogP contribution is -2.38. The van der Waals surface area contributed by atoms with Crippen LogP contribution in [0.25, 0.3) is 0 Å². The number of carbonyl (C=O) groups excluding carboxylic acids is 1. The Bertz CT molecular complexity index is 533. The van der Waals surface area contributed by atoms with E-state index in [-0.39, 0.29) is 12.1 Å². The summed E-state index contributed by atoms with van der Waals surface area (Å²) in [5, 5.41) is 8.98. The molecule has 1 aromatic carbocycles. The highest BCUT2D eigenvalue weighted by molar-refractivity contribution is 5.95. The molecule has 6 heteroatoms. The number of benzene rings is 1. The number of carboxylic acids is 1. The van der Waals surface area contributed by atoms with Crippen molar-refractivity contribution in [3.8, 4) is 0 Å². The summed E-state index contributed by atoms with van der Waals surface area (Å²) in [7, 11) is 0. The van der Waals surface area contributed by atoms with Crippen LogP contribution in [0.1, 0.15) is 23.7 Å². The molecule has 1 aliphatic rings. The third-order valence-corrected chi connectivity index (χ3v) is 3.49. The fraction of sp³-hybridized carbons (Fsp3) is 0.385. The van der Waals surface area contributed by atoms with E-state index in [1.165, 1.54) is 4.90 Å². The van der Waals surface area contributed by atoms with E-state index in [0.717, 1.165) is 18.2 Å². The molecule has 1 heterocycles. The Hall–Kier alpha value is -1.98. The van der Waals surface area contributed by atoms with E-state index in [4.69, 9.17) is 5.11 Å². The average Bonchev–Trinajstić information content (AvgIpc) is 2.73. The molecule has 4 nitrogen and oxygen atoms in total. The Morgan fingerprint density at radius 1 is 1.37 bits per heavy atom. The van der Waals surface area contributed by atoms with Crippen LogP contribution in [-0.4, -0.2) is 34.5 Å². The van der Waals surface area contributed by atoms with Gasteiger partial charge in [0, 0.05) is 12.6 Å². The number of amides is 1. The minimum absolute atomic E-state index is 0.229. The number of nitrogens with zero attached hydrogens (tertiary/aromatic N) is 1. The van der Waals surface area contributed by atoms with Gasteiger partial charge in [0.1, 0.15) is 11.6 Å². The number of likely N-dealkylation sites (tertiary alicyclic amines) is 1. The van der Waals surface area contributed by atoms with Gasteiger partial charge in [-0.25, -0.2) is 8.78 Å². The van der Waals surface area contributed by atoms with Gasteiger partial charge in [-0.05, 0) is 31.5 Å². The van der Waals surface area contributed by atoms with Crippen LogP contribution in [0.2, 0.25) is 0 Å². The van der Waals surface area contributed by atoms with Gasteiger partial charge in [0.15, 0.2) is 0 Å². The van der Waals surface area contributed by atoms with Crippen molar-refractivity contribution in [2.75, 3.05) is 6.54 Å². The van der Waals surface area contributed by atoms with Crippen LogP contribution in [0.4, 0.5) is 8.78 Å². The maximum atomic E-state index is 13.5. The van der Waals surface area contributed by atoms with Crippen molar-refractivity contribution >= 4 is 11.9 Å². The lowest BCUT2D eigenvalue weighted by molar-refractivity contribution is -0.142. The minimum Gasteiger partial charge on any atom is -0.481 e. The van der Waals surface area contributed by atoms with Gasteiger partial charge in [0.05, 0.1) is 11.5 Å². The zero-order valence-electron chi connectivity index (χ0n) is 10.3. The normalized spacial score (nSPS) is 22.6. The zero-order chi connectivity index (χ0) is 14.2. The van der Waals surface area contributed by atoms with E-state index in [1.807, 2.05) is 0 Å². The van der Waals surface area contributed by atoms with E-state index in [2.05, 4.69) is 0 Å². The smallest absolute Gasteiger partial charge is 0.308 e. The Kier molecular flexibility index (Phi) is 3.50. The molecule has 0 spiro atoms. The van der Waals surface area contributed by atoms with Crippen molar-refractivity contribution in [2.45, 2.75) is 19.4 Å². The van der Waals surface area contributed by atoms with Crippen molar-refractivity contribution in [3.05, 3.63) is 35.4 Å². The Balaban J connectivity index is 2.26. The second-order valence-corrected chi connectivity index (χ2v) is 4.60. The Labute approximate surface area is 108 Å². The van der Waals surface area contributed by atoms with E-state index in [1.54, 1.807) is 6.92 Å². The van der Waals surface area contributed by atoms with E-state index in [0.29, 0.717) is 6.42 Å². The van der Waals surface area contributed by atoms with Crippen molar-refractivity contribution in [3.63, 3.8) is 0 Å². The molecule has 1 saturated heterocycles. The summed E-state index contributed by atoms with van der Waals surface area (Å²) in [5.74, 6) is -3.83. The largest absolute Gasteiger partial charge is 0.481 e.